The Labute approximate surface area is 124 Å². The van der Waals surface area contributed by atoms with Crippen LogP contribution in [0.1, 0.15) is 17.3 Å². The van der Waals surface area contributed by atoms with E-state index in [4.69, 9.17) is 5.73 Å². The zero-order valence-electron chi connectivity index (χ0n) is 11.6. The molecule has 3 aromatic heterocycles. The quantitative estimate of drug-likeness (QED) is 0.482. The van der Waals surface area contributed by atoms with Gasteiger partial charge >= 0.3 is 0 Å². The van der Waals surface area contributed by atoms with Crippen molar-refractivity contribution in [2.24, 2.45) is 0 Å². The average molecular weight is 301 g/mol. The highest BCUT2D eigenvalue weighted by Crippen LogP contribution is 2.27. The summed E-state index contributed by atoms with van der Waals surface area (Å²) in [5.74, 6) is 0.839. The van der Waals surface area contributed by atoms with Crippen LogP contribution in [0.5, 0.6) is 0 Å². The lowest BCUT2D eigenvalue weighted by atomic mass is 10.1. The first-order valence-electron chi connectivity index (χ1n) is 6.92. The molecule has 4 rings (SSSR count). The molecule has 0 aliphatic carbocycles. The molecular formula is C12H15N9O. The van der Waals surface area contributed by atoms with Gasteiger partial charge in [0, 0.05) is 31.4 Å². The molecule has 0 saturated carbocycles. The number of nitrogens with one attached hydrogen (secondary N) is 2. The molecule has 5 N–H and O–H groups in total. The van der Waals surface area contributed by atoms with Crippen LogP contribution in [0.3, 0.4) is 0 Å². The zero-order valence-corrected chi connectivity index (χ0v) is 11.6. The number of aromatic nitrogens is 7. The van der Waals surface area contributed by atoms with E-state index in [9.17, 15) is 5.11 Å². The van der Waals surface area contributed by atoms with Gasteiger partial charge in [-0.1, -0.05) is 5.21 Å². The second-order valence-electron chi connectivity index (χ2n) is 5.43. The van der Waals surface area contributed by atoms with E-state index in [1.54, 1.807) is 0 Å². The SMILES string of the molecule is Nc1ncnc2c(CN3CC(c4nn[nH]n4)[C@@H](O)C3)c[nH]c12. The predicted molar refractivity (Wildman–Crippen MR) is 76.5 cm³/mol. The Balaban J connectivity index is 1.55. The summed E-state index contributed by atoms with van der Waals surface area (Å²) in [5.41, 5.74) is 8.39. The van der Waals surface area contributed by atoms with Crippen LogP contribution >= 0.6 is 0 Å². The number of aromatic amines is 2. The van der Waals surface area contributed by atoms with Crippen molar-refractivity contribution in [2.45, 2.75) is 18.6 Å². The molecule has 1 aliphatic rings. The third-order valence-corrected chi connectivity index (χ3v) is 4.02. The molecule has 0 bridgehead atoms. The first-order valence-corrected chi connectivity index (χ1v) is 6.92. The standard InChI is InChI=1S/C12H15N9O/c13-11-10-9(15-5-16-11)6(1-14-10)2-21-3-7(8(22)4-21)12-17-19-20-18-12/h1,5,7-8,14,22H,2-4H2,(H2,13,15,16)(H,17,18,19,20)/t7?,8-/m0/s1. The van der Waals surface area contributed by atoms with Crippen molar-refractivity contribution in [1.82, 2.24) is 40.5 Å². The Bertz CT molecular complexity index is 783. The Morgan fingerprint density at radius 3 is 3.09 bits per heavy atom. The first kappa shape index (κ1) is 13.1. The maximum absolute atomic E-state index is 10.2. The third kappa shape index (κ3) is 2.09. The number of hydrogen-bond acceptors (Lipinski definition) is 8. The van der Waals surface area contributed by atoms with Gasteiger partial charge in [-0.3, -0.25) is 4.90 Å². The van der Waals surface area contributed by atoms with Crippen molar-refractivity contribution in [3.05, 3.63) is 23.9 Å². The number of tetrazole rings is 1. The van der Waals surface area contributed by atoms with Gasteiger partial charge in [0.1, 0.15) is 11.8 Å². The Kier molecular flexibility index (Phi) is 2.98. The summed E-state index contributed by atoms with van der Waals surface area (Å²) in [6.07, 6.45) is 2.82. The highest BCUT2D eigenvalue weighted by atomic mass is 16.3. The Morgan fingerprint density at radius 2 is 2.27 bits per heavy atom. The number of nitrogen functional groups attached to an aromatic ring is 1. The van der Waals surface area contributed by atoms with Crippen molar-refractivity contribution in [3.63, 3.8) is 0 Å². The number of H-pyrrole nitrogens is 2. The molecule has 0 spiro atoms. The fraction of sp³-hybridized carbons (Fsp3) is 0.417. The largest absolute Gasteiger partial charge is 0.391 e. The molecule has 1 saturated heterocycles. The maximum atomic E-state index is 10.2. The minimum absolute atomic E-state index is 0.136. The number of β-amino-alcohol motifs (C(OH)–C–C–N with tert-alkyl or cyclic N) is 1. The summed E-state index contributed by atoms with van der Waals surface area (Å²) in [6.45, 7) is 1.86. The van der Waals surface area contributed by atoms with Crippen molar-refractivity contribution in [3.8, 4) is 0 Å². The minimum Gasteiger partial charge on any atom is -0.391 e. The Hall–Kier alpha value is -2.59. The molecule has 2 atom stereocenters. The van der Waals surface area contributed by atoms with Crippen LogP contribution in [0.25, 0.3) is 11.0 Å². The second-order valence-corrected chi connectivity index (χ2v) is 5.43. The molecule has 1 unspecified atom stereocenters. The smallest absolute Gasteiger partial charge is 0.181 e. The van der Waals surface area contributed by atoms with E-state index < -0.39 is 6.10 Å². The predicted octanol–water partition coefficient (Wildman–Crippen LogP) is -0.986. The van der Waals surface area contributed by atoms with Gasteiger partial charge in [0.25, 0.3) is 0 Å². The summed E-state index contributed by atoms with van der Waals surface area (Å²) in [4.78, 5) is 13.5. The van der Waals surface area contributed by atoms with Gasteiger partial charge in [-0.15, -0.1) is 10.2 Å². The molecule has 10 heteroatoms. The van der Waals surface area contributed by atoms with E-state index in [2.05, 4.69) is 40.5 Å². The van der Waals surface area contributed by atoms with Gasteiger partial charge in [-0.05, 0) is 0 Å². The monoisotopic (exact) mass is 301 g/mol. The number of nitrogens with two attached hydrogens (primary N) is 1. The molecule has 1 fully saturated rings. The Morgan fingerprint density at radius 1 is 1.36 bits per heavy atom. The van der Waals surface area contributed by atoms with E-state index in [1.165, 1.54) is 6.33 Å². The van der Waals surface area contributed by atoms with Crippen LogP contribution in [0.2, 0.25) is 0 Å². The van der Waals surface area contributed by atoms with Crippen LogP contribution in [0.15, 0.2) is 12.5 Å². The van der Waals surface area contributed by atoms with E-state index in [0.717, 1.165) is 16.6 Å². The van der Waals surface area contributed by atoms with Crippen LogP contribution < -0.4 is 5.73 Å². The van der Waals surface area contributed by atoms with Gasteiger partial charge in [0.15, 0.2) is 11.6 Å². The fourth-order valence-electron chi connectivity index (χ4n) is 2.95. The normalized spacial score (nSPS) is 22.6. The van der Waals surface area contributed by atoms with E-state index in [-0.39, 0.29) is 5.92 Å². The number of fused-ring (bicyclic) bond motifs is 1. The molecule has 0 radical (unpaired) electrons. The highest BCUT2D eigenvalue weighted by Gasteiger charge is 2.35. The van der Waals surface area contributed by atoms with E-state index in [0.29, 0.717) is 31.3 Å². The molecule has 22 heavy (non-hydrogen) atoms. The summed E-state index contributed by atoms with van der Waals surface area (Å²) >= 11 is 0. The van der Waals surface area contributed by atoms with Gasteiger partial charge in [-0.25, -0.2) is 9.97 Å². The topological polar surface area (TPSA) is 146 Å². The number of likely N-dealkylation sites (tertiary alicyclic amines) is 1. The van der Waals surface area contributed by atoms with E-state index >= 15 is 0 Å². The molecule has 0 amide bonds. The van der Waals surface area contributed by atoms with Crippen molar-refractivity contribution >= 4 is 16.9 Å². The number of rotatable bonds is 3. The lowest BCUT2D eigenvalue weighted by molar-refractivity contribution is 0.161. The van der Waals surface area contributed by atoms with E-state index in [1.807, 2.05) is 6.20 Å². The third-order valence-electron chi connectivity index (χ3n) is 4.02. The van der Waals surface area contributed by atoms with Crippen LogP contribution in [-0.4, -0.2) is 64.8 Å². The number of anilines is 1. The molecule has 3 aromatic rings. The summed E-state index contributed by atoms with van der Waals surface area (Å²) in [6, 6.07) is 0. The number of aliphatic hydroxyl groups excluding tert-OH is 1. The zero-order chi connectivity index (χ0) is 15.1. The summed E-state index contributed by atoms with van der Waals surface area (Å²) in [5, 5.41) is 24.1. The van der Waals surface area contributed by atoms with Crippen molar-refractivity contribution in [1.29, 1.82) is 0 Å². The summed E-state index contributed by atoms with van der Waals surface area (Å²) in [7, 11) is 0. The van der Waals surface area contributed by atoms with Crippen molar-refractivity contribution < 1.29 is 5.11 Å². The lowest BCUT2D eigenvalue weighted by Gasteiger charge is -2.13. The van der Waals surface area contributed by atoms with Crippen LogP contribution in [0.4, 0.5) is 5.82 Å². The molecule has 0 aromatic carbocycles. The number of nitrogens with zero attached hydrogens (tertiary/aromatic N) is 6. The van der Waals surface area contributed by atoms with Gasteiger partial charge in [-0.2, -0.15) is 5.21 Å². The minimum atomic E-state index is -0.512. The van der Waals surface area contributed by atoms with Gasteiger partial charge in [0.05, 0.1) is 17.5 Å². The average Bonchev–Trinajstić information content (AvgIpc) is 3.20. The van der Waals surface area contributed by atoms with Crippen LogP contribution in [-0.2, 0) is 6.54 Å². The second kappa shape index (κ2) is 5.00. The first-order chi connectivity index (χ1) is 10.7. The van der Waals surface area contributed by atoms with Gasteiger partial charge < -0.3 is 15.8 Å². The maximum Gasteiger partial charge on any atom is 0.181 e. The fourth-order valence-corrected chi connectivity index (χ4v) is 2.95. The van der Waals surface area contributed by atoms with Crippen LogP contribution in [0, 0.1) is 0 Å². The molecule has 10 nitrogen and oxygen atoms in total. The lowest BCUT2D eigenvalue weighted by Crippen LogP contribution is -2.21. The number of hydrogen-bond donors (Lipinski definition) is 4. The highest BCUT2D eigenvalue weighted by molar-refractivity contribution is 5.86. The van der Waals surface area contributed by atoms with Crippen molar-refractivity contribution in [2.75, 3.05) is 18.8 Å². The summed E-state index contributed by atoms with van der Waals surface area (Å²) < 4.78 is 0. The molecular weight excluding hydrogens is 286 g/mol. The molecule has 114 valence electrons. The molecule has 4 heterocycles. The molecule has 1 aliphatic heterocycles. The number of aliphatic hydroxyl groups is 1. The van der Waals surface area contributed by atoms with Gasteiger partial charge in [0.2, 0.25) is 0 Å².